The van der Waals surface area contributed by atoms with Crippen molar-refractivity contribution in [1.82, 2.24) is 14.5 Å². The van der Waals surface area contributed by atoms with Crippen LogP contribution in [0, 0.1) is 6.92 Å². The van der Waals surface area contributed by atoms with Gasteiger partial charge in [-0.05, 0) is 65.3 Å². The zero-order valence-electron chi connectivity index (χ0n) is 23.0. The highest BCUT2D eigenvalue weighted by atomic mass is 16.8. The van der Waals surface area contributed by atoms with E-state index >= 15 is 0 Å². The number of aromatic nitrogens is 3. The fourth-order valence-electron chi connectivity index (χ4n) is 6.09. The van der Waals surface area contributed by atoms with Crippen LogP contribution in [-0.4, -0.2) is 70.0 Å². The molecule has 0 N–H and O–H groups in total. The van der Waals surface area contributed by atoms with Crippen molar-refractivity contribution < 1.29 is 28.4 Å². The molecule has 39 heavy (non-hydrogen) atoms. The molecule has 1 unspecified atom stereocenters. The van der Waals surface area contributed by atoms with Crippen molar-refractivity contribution in [3.05, 3.63) is 48.0 Å². The van der Waals surface area contributed by atoms with Crippen LogP contribution in [-0.2, 0) is 35.0 Å². The normalized spacial score (nSPS) is 29.6. The van der Waals surface area contributed by atoms with Crippen molar-refractivity contribution >= 4 is 33.1 Å². The molecule has 9 heteroatoms. The Hall–Kier alpha value is -2.66. The molecule has 0 saturated carbocycles. The van der Waals surface area contributed by atoms with E-state index in [0.717, 1.165) is 46.1 Å². The third-order valence-electron chi connectivity index (χ3n) is 7.77. The maximum absolute atomic E-state index is 6.50. The van der Waals surface area contributed by atoms with E-state index in [9.17, 15) is 0 Å². The Balaban J connectivity index is 1.13. The molecule has 5 heterocycles. The first-order valence-corrected chi connectivity index (χ1v) is 13.8. The number of nitrogens with zero attached hydrogens (tertiary/aromatic N) is 3. The first-order chi connectivity index (χ1) is 18.7. The molecule has 2 aromatic heterocycles. The summed E-state index contributed by atoms with van der Waals surface area (Å²) >= 11 is 0. The Morgan fingerprint density at radius 3 is 2.51 bits per heavy atom. The van der Waals surface area contributed by atoms with Gasteiger partial charge in [-0.15, -0.1) is 0 Å². The molecule has 0 bridgehead atoms. The number of hydrogen-bond acceptors (Lipinski definition) is 8. The summed E-state index contributed by atoms with van der Waals surface area (Å²) in [6.07, 6.45) is -0.970. The van der Waals surface area contributed by atoms with Gasteiger partial charge in [0.1, 0.15) is 29.9 Å². The van der Waals surface area contributed by atoms with Crippen LogP contribution in [0.15, 0.2) is 42.5 Å². The van der Waals surface area contributed by atoms with Gasteiger partial charge in [-0.1, -0.05) is 23.8 Å². The van der Waals surface area contributed by atoms with E-state index in [0.29, 0.717) is 13.2 Å². The summed E-state index contributed by atoms with van der Waals surface area (Å²) < 4.78 is 39.2. The van der Waals surface area contributed by atoms with E-state index in [1.54, 1.807) is 0 Å². The van der Waals surface area contributed by atoms with Gasteiger partial charge in [0.05, 0.1) is 23.2 Å². The molecule has 0 radical (unpaired) electrons. The predicted molar refractivity (Wildman–Crippen MR) is 145 cm³/mol. The minimum atomic E-state index is -0.725. The lowest BCUT2D eigenvalue weighted by atomic mass is 10.1. The van der Waals surface area contributed by atoms with E-state index < -0.39 is 17.9 Å². The predicted octanol–water partition coefficient (Wildman–Crippen LogP) is 4.85. The number of hydrogen-bond donors (Lipinski definition) is 0. The van der Waals surface area contributed by atoms with E-state index in [1.165, 1.54) is 5.56 Å². The van der Waals surface area contributed by atoms with Crippen molar-refractivity contribution in [1.29, 1.82) is 0 Å². The van der Waals surface area contributed by atoms with Gasteiger partial charge in [0.2, 0.25) is 0 Å². The molecule has 3 aliphatic heterocycles. The van der Waals surface area contributed by atoms with Crippen LogP contribution in [0.2, 0.25) is 0 Å². The molecule has 2 aromatic carbocycles. The van der Waals surface area contributed by atoms with Gasteiger partial charge in [-0.2, -0.15) is 0 Å². The number of para-hydroxylation sites is 2. The fourth-order valence-corrected chi connectivity index (χ4v) is 6.09. The second kappa shape index (κ2) is 9.19. The van der Waals surface area contributed by atoms with Crippen LogP contribution in [0.4, 0.5) is 0 Å². The molecule has 0 aliphatic carbocycles. The molecular formula is C30H35N3O6. The van der Waals surface area contributed by atoms with Gasteiger partial charge in [0.15, 0.2) is 23.5 Å². The Kier molecular flexibility index (Phi) is 5.97. The molecule has 3 aliphatic rings. The topological polar surface area (TPSA) is 86.1 Å². The van der Waals surface area contributed by atoms with Gasteiger partial charge < -0.3 is 33.0 Å². The number of ether oxygens (including phenoxy) is 6. The molecule has 3 saturated heterocycles. The van der Waals surface area contributed by atoms with E-state index in [4.69, 9.17) is 38.4 Å². The summed E-state index contributed by atoms with van der Waals surface area (Å²) in [5.41, 5.74) is 5.94. The summed E-state index contributed by atoms with van der Waals surface area (Å²) in [6, 6.07) is 14.5. The highest BCUT2D eigenvalue weighted by Gasteiger charge is 2.58. The van der Waals surface area contributed by atoms with E-state index in [2.05, 4.69) is 29.7 Å². The number of benzene rings is 2. The maximum Gasteiger partial charge on any atom is 0.190 e. The number of fused-ring (bicyclic) bond motifs is 5. The van der Waals surface area contributed by atoms with E-state index in [1.807, 2.05) is 52.0 Å². The smallest absolute Gasteiger partial charge is 0.190 e. The molecule has 0 spiro atoms. The van der Waals surface area contributed by atoms with Crippen LogP contribution in [0.5, 0.6) is 0 Å². The molecule has 9 nitrogen and oxygen atoms in total. The monoisotopic (exact) mass is 533 g/mol. The second-order valence-electron chi connectivity index (χ2n) is 11.7. The summed E-state index contributed by atoms with van der Waals surface area (Å²) in [7, 11) is 0. The molecular weight excluding hydrogens is 498 g/mol. The lowest BCUT2D eigenvalue weighted by molar-refractivity contribution is -0.236. The number of rotatable bonds is 6. The molecule has 0 amide bonds. The van der Waals surface area contributed by atoms with Crippen LogP contribution in [0.1, 0.15) is 39.7 Å². The summed E-state index contributed by atoms with van der Waals surface area (Å²) in [6.45, 7) is 11.4. The second-order valence-corrected chi connectivity index (χ2v) is 11.7. The largest absolute Gasteiger partial charge is 0.372 e. The van der Waals surface area contributed by atoms with Gasteiger partial charge >= 0.3 is 0 Å². The molecule has 4 aromatic rings. The highest BCUT2D eigenvalue weighted by molar-refractivity contribution is 6.06. The minimum absolute atomic E-state index is 0.255. The van der Waals surface area contributed by atoms with Crippen molar-refractivity contribution in [3.63, 3.8) is 0 Å². The van der Waals surface area contributed by atoms with Crippen LogP contribution >= 0.6 is 0 Å². The van der Waals surface area contributed by atoms with Crippen molar-refractivity contribution in [2.75, 3.05) is 13.2 Å². The molecule has 5 atom stereocenters. The van der Waals surface area contributed by atoms with E-state index in [-0.39, 0.29) is 24.4 Å². The van der Waals surface area contributed by atoms with Gasteiger partial charge in [-0.25, -0.2) is 9.97 Å². The average molecular weight is 534 g/mol. The molecule has 7 rings (SSSR count). The number of aryl methyl sites for hydroxylation is 2. The quantitative estimate of drug-likeness (QED) is 0.325. The first kappa shape index (κ1) is 25.3. The lowest BCUT2D eigenvalue weighted by Crippen LogP contribution is -2.44. The SMILES string of the molecule is Cc1ccc2c(c1)c1nc3ccccc3nc1n2CCCO[C@@H]1[C@H]2OC(C)(C)O[C@H]2O[C@@H]1C1COC(C)(C)O1. The third-order valence-corrected chi connectivity index (χ3v) is 7.77. The first-order valence-electron chi connectivity index (χ1n) is 13.8. The molecule has 206 valence electrons. The minimum Gasteiger partial charge on any atom is -0.372 e. The summed E-state index contributed by atoms with van der Waals surface area (Å²) in [4.78, 5) is 10.00. The standard InChI is InChI=1S/C30H35N3O6/c1-17-11-12-21-18(15-17)23-27(32-20-10-7-6-9-19(20)31-23)33(21)13-8-14-34-25-24(22-16-35-29(2,3)37-22)36-28-26(25)38-30(4,5)39-28/h6-7,9-12,15,22,24-26,28H,8,13-14,16H2,1-5H3/t22?,24-,25+,26-,28-/m1/s1. The Bertz CT molecular complexity index is 1550. The van der Waals surface area contributed by atoms with Crippen molar-refractivity contribution in [3.8, 4) is 0 Å². The Labute approximate surface area is 227 Å². The third kappa shape index (κ3) is 4.51. The summed E-state index contributed by atoms with van der Waals surface area (Å²) in [5, 5.41) is 1.12. The Morgan fingerprint density at radius 2 is 1.74 bits per heavy atom. The van der Waals surface area contributed by atoms with Gasteiger partial charge in [0.25, 0.3) is 0 Å². The van der Waals surface area contributed by atoms with Crippen molar-refractivity contribution in [2.45, 2.75) is 89.9 Å². The lowest BCUT2D eigenvalue weighted by Gasteiger charge is -2.29. The average Bonchev–Trinajstić information content (AvgIpc) is 3.59. The summed E-state index contributed by atoms with van der Waals surface area (Å²) in [5.74, 6) is -1.38. The van der Waals surface area contributed by atoms with Gasteiger partial charge in [0, 0.05) is 18.5 Å². The van der Waals surface area contributed by atoms with Gasteiger partial charge in [-0.3, -0.25) is 0 Å². The van der Waals surface area contributed by atoms with Crippen LogP contribution in [0.25, 0.3) is 33.1 Å². The molecule has 3 fully saturated rings. The Morgan fingerprint density at radius 1 is 0.949 bits per heavy atom. The maximum atomic E-state index is 6.50. The highest BCUT2D eigenvalue weighted by Crippen LogP contribution is 2.42. The zero-order chi connectivity index (χ0) is 26.9. The van der Waals surface area contributed by atoms with Crippen LogP contribution < -0.4 is 0 Å². The fraction of sp³-hybridized carbons (Fsp3) is 0.533. The zero-order valence-corrected chi connectivity index (χ0v) is 23.0. The van der Waals surface area contributed by atoms with Crippen LogP contribution in [0.3, 0.4) is 0 Å². The van der Waals surface area contributed by atoms with Crippen molar-refractivity contribution in [2.24, 2.45) is 0 Å².